The van der Waals surface area contributed by atoms with Gasteiger partial charge in [0.2, 0.25) is 0 Å². The summed E-state index contributed by atoms with van der Waals surface area (Å²) in [5.74, 6) is 4.16. The Bertz CT molecular complexity index is 895. The van der Waals surface area contributed by atoms with Gasteiger partial charge in [-0.15, -0.1) is 0 Å². The van der Waals surface area contributed by atoms with Crippen LogP contribution in [0.4, 0.5) is 5.82 Å². The van der Waals surface area contributed by atoms with Gasteiger partial charge in [-0.1, -0.05) is 0 Å². The van der Waals surface area contributed by atoms with Crippen LogP contribution in [0.2, 0.25) is 0 Å². The molecule has 2 aromatic rings. The largest absolute Gasteiger partial charge is 0.366 e. The van der Waals surface area contributed by atoms with Gasteiger partial charge >= 0.3 is 0 Å². The average molecular weight is 329 g/mol. The molecule has 120 valence electrons. The van der Waals surface area contributed by atoms with Gasteiger partial charge in [0.25, 0.3) is 0 Å². The fourth-order valence-corrected chi connectivity index (χ4v) is 5.70. The molecule has 1 heterocycles. The van der Waals surface area contributed by atoms with Gasteiger partial charge in [0.05, 0.1) is 10.4 Å². The standard InChI is InChI=1S/C17H19N3O2S/c1-23(21,22)11-4-5-13-12(7-11)17(19-8-18-13)20-16-14-9-2-3-10(6-9)15(14)16/h4-5,7-10,14-16H,2-3,6H2,1H3,(H,18,19,20). The van der Waals surface area contributed by atoms with E-state index >= 15 is 0 Å². The molecule has 1 aromatic carbocycles. The summed E-state index contributed by atoms with van der Waals surface area (Å²) in [6, 6.07) is 5.58. The molecule has 0 saturated heterocycles. The van der Waals surface area contributed by atoms with Gasteiger partial charge in [-0.05, 0) is 61.1 Å². The lowest BCUT2D eigenvalue weighted by Gasteiger charge is -2.13. The van der Waals surface area contributed by atoms with Gasteiger partial charge in [0.1, 0.15) is 12.1 Å². The lowest BCUT2D eigenvalue weighted by Crippen LogP contribution is -2.14. The molecule has 5 rings (SSSR count). The summed E-state index contributed by atoms with van der Waals surface area (Å²) in [4.78, 5) is 8.97. The van der Waals surface area contributed by atoms with E-state index < -0.39 is 9.84 Å². The van der Waals surface area contributed by atoms with Crippen LogP contribution < -0.4 is 5.32 Å². The molecule has 1 aromatic heterocycles. The van der Waals surface area contributed by atoms with Crippen molar-refractivity contribution in [1.29, 1.82) is 0 Å². The Morgan fingerprint density at radius 2 is 1.87 bits per heavy atom. The van der Waals surface area contributed by atoms with Crippen LogP contribution in [0, 0.1) is 23.7 Å². The summed E-state index contributed by atoms with van der Waals surface area (Å²) in [7, 11) is -3.23. The Balaban J connectivity index is 1.52. The number of fused-ring (bicyclic) bond motifs is 6. The van der Waals surface area contributed by atoms with Gasteiger partial charge in [-0.2, -0.15) is 0 Å². The van der Waals surface area contributed by atoms with Crippen LogP contribution in [0.1, 0.15) is 19.3 Å². The first-order valence-electron chi connectivity index (χ1n) is 8.24. The van der Waals surface area contributed by atoms with Crippen LogP contribution in [0.25, 0.3) is 10.9 Å². The number of rotatable bonds is 3. The average Bonchev–Trinajstić information content (AvgIpc) is 2.91. The monoisotopic (exact) mass is 329 g/mol. The number of nitrogens with zero attached hydrogens (tertiary/aromatic N) is 2. The summed E-state index contributed by atoms with van der Waals surface area (Å²) >= 11 is 0. The molecule has 1 N–H and O–H groups in total. The van der Waals surface area contributed by atoms with E-state index in [0.29, 0.717) is 10.9 Å². The minimum atomic E-state index is -3.23. The molecule has 2 bridgehead atoms. The molecular weight excluding hydrogens is 310 g/mol. The lowest BCUT2D eigenvalue weighted by molar-refractivity contribution is 0.456. The highest BCUT2D eigenvalue weighted by atomic mass is 32.2. The highest BCUT2D eigenvalue weighted by Gasteiger charge is 2.65. The highest BCUT2D eigenvalue weighted by Crippen LogP contribution is 2.66. The summed E-state index contributed by atoms with van der Waals surface area (Å²) < 4.78 is 23.6. The first-order valence-corrected chi connectivity index (χ1v) is 10.1. The van der Waals surface area contributed by atoms with E-state index in [9.17, 15) is 8.42 Å². The summed E-state index contributed by atoms with van der Waals surface area (Å²) in [6.45, 7) is 0. The van der Waals surface area contributed by atoms with Crippen molar-refractivity contribution in [3.8, 4) is 0 Å². The SMILES string of the molecule is CS(=O)(=O)c1ccc2ncnc(NC3C4C5CCC(C5)C34)c2c1. The van der Waals surface area contributed by atoms with Gasteiger partial charge in [0, 0.05) is 17.7 Å². The molecule has 23 heavy (non-hydrogen) atoms. The maximum absolute atomic E-state index is 11.8. The van der Waals surface area contributed by atoms with Crippen molar-refractivity contribution in [3.63, 3.8) is 0 Å². The van der Waals surface area contributed by atoms with E-state index in [-0.39, 0.29) is 0 Å². The number of sulfone groups is 1. The second-order valence-electron chi connectivity index (χ2n) is 7.33. The summed E-state index contributed by atoms with van der Waals surface area (Å²) in [5, 5.41) is 4.39. The third-order valence-corrected chi connectivity index (χ3v) is 7.18. The highest BCUT2D eigenvalue weighted by molar-refractivity contribution is 7.90. The molecule has 3 aliphatic rings. The number of aromatic nitrogens is 2. The summed E-state index contributed by atoms with van der Waals surface area (Å²) in [6.07, 6.45) is 6.96. The Morgan fingerprint density at radius 3 is 2.57 bits per heavy atom. The maximum atomic E-state index is 11.8. The molecule has 6 heteroatoms. The molecule has 0 radical (unpaired) electrons. The molecule has 0 aliphatic heterocycles. The third kappa shape index (κ3) is 2.00. The molecular formula is C17H19N3O2S. The van der Waals surface area contributed by atoms with Crippen molar-refractivity contribution in [2.24, 2.45) is 23.7 Å². The zero-order valence-electron chi connectivity index (χ0n) is 12.9. The normalized spacial score (nSPS) is 34.6. The van der Waals surface area contributed by atoms with Gasteiger partial charge < -0.3 is 5.32 Å². The van der Waals surface area contributed by atoms with E-state index in [1.165, 1.54) is 25.5 Å². The molecule has 0 amide bonds. The minimum absolute atomic E-state index is 0.318. The van der Waals surface area contributed by atoms with E-state index in [2.05, 4.69) is 15.3 Å². The molecule has 3 aliphatic carbocycles. The zero-order chi connectivity index (χ0) is 15.8. The van der Waals surface area contributed by atoms with Crippen molar-refractivity contribution in [2.45, 2.75) is 30.2 Å². The van der Waals surface area contributed by atoms with Crippen molar-refractivity contribution >= 4 is 26.6 Å². The van der Waals surface area contributed by atoms with Crippen LogP contribution in [0.5, 0.6) is 0 Å². The predicted octanol–water partition coefficient (Wildman–Crippen LogP) is 2.49. The Labute approximate surface area is 135 Å². The zero-order valence-corrected chi connectivity index (χ0v) is 13.8. The quantitative estimate of drug-likeness (QED) is 0.936. The van der Waals surface area contributed by atoms with Crippen LogP contribution in [-0.4, -0.2) is 30.7 Å². The second-order valence-corrected chi connectivity index (χ2v) is 9.35. The number of benzene rings is 1. The Hall–Kier alpha value is -1.69. The van der Waals surface area contributed by atoms with Gasteiger partial charge in [-0.3, -0.25) is 0 Å². The minimum Gasteiger partial charge on any atom is -0.366 e. The van der Waals surface area contributed by atoms with Gasteiger partial charge in [-0.25, -0.2) is 18.4 Å². The van der Waals surface area contributed by atoms with Crippen LogP contribution in [-0.2, 0) is 9.84 Å². The predicted molar refractivity (Wildman–Crippen MR) is 87.9 cm³/mol. The molecule has 4 unspecified atom stereocenters. The maximum Gasteiger partial charge on any atom is 0.175 e. The number of anilines is 1. The lowest BCUT2D eigenvalue weighted by atomic mass is 10.0. The molecule has 3 fully saturated rings. The van der Waals surface area contributed by atoms with Gasteiger partial charge in [0.15, 0.2) is 9.84 Å². The number of hydrogen-bond donors (Lipinski definition) is 1. The van der Waals surface area contributed by atoms with E-state index in [4.69, 9.17) is 0 Å². The van der Waals surface area contributed by atoms with Crippen LogP contribution >= 0.6 is 0 Å². The fourth-order valence-electron chi connectivity index (χ4n) is 5.06. The first-order chi connectivity index (χ1) is 11.0. The molecule has 3 saturated carbocycles. The van der Waals surface area contributed by atoms with E-state index in [0.717, 1.165) is 40.4 Å². The van der Waals surface area contributed by atoms with Crippen LogP contribution in [0.3, 0.4) is 0 Å². The topological polar surface area (TPSA) is 72.0 Å². The van der Waals surface area contributed by atoms with Crippen molar-refractivity contribution in [3.05, 3.63) is 24.5 Å². The smallest absolute Gasteiger partial charge is 0.175 e. The van der Waals surface area contributed by atoms with Crippen molar-refractivity contribution < 1.29 is 8.42 Å². The van der Waals surface area contributed by atoms with E-state index in [1.807, 2.05) is 0 Å². The third-order valence-electron chi connectivity index (χ3n) is 6.07. The first kappa shape index (κ1) is 13.7. The van der Waals surface area contributed by atoms with Crippen molar-refractivity contribution in [2.75, 3.05) is 11.6 Å². The van der Waals surface area contributed by atoms with Crippen molar-refractivity contribution in [1.82, 2.24) is 9.97 Å². The second kappa shape index (κ2) is 4.44. The Kier molecular flexibility index (Phi) is 2.65. The number of hydrogen-bond acceptors (Lipinski definition) is 5. The Morgan fingerprint density at radius 1 is 1.13 bits per heavy atom. The fraction of sp³-hybridized carbons (Fsp3) is 0.529. The number of nitrogens with one attached hydrogen (secondary N) is 1. The van der Waals surface area contributed by atoms with Crippen LogP contribution in [0.15, 0.2) is 29.4 Å². The summed E-state index contributed by atoms with van der Waals surface area (Å²) in [5.41, 5.74) is 0.781. The molecule has 5 nitrogen and oxygen atoms in total. The molecule has 0 spiro atoms. The molecule has 4 atom stereocenters. The van der Waals surface area contributed by atoms with E-state index in [1.54, 1.807) is 24.5 Å².